The van der Waals surface area contributed by atoms with E-state index < -0.39 is 23.5 Å². The Morgan fingerprint density at radius 1 is 1.03 bits per heavy atom. The largest absolute Gasteiger partial charge is 0.503 e. The summed E-state index contributed by atoms with van der Waals surface area (Å²) in [6, 6.07) is 16.1. The molecule has 3 aromatic carbocycles. The number of furan rings is 1. The number of carbonyl (C=O) groups excluding carboxylic acids is 2. The van der Waals surface area contributed by atoms with Gasteiger partial charge in [-0.25, -0.2) is 0 Å². The van der Waals surface area contributed by atoms with Gasteiger partial charge in [-0.05, 0) is 47.5 Å². The van der Waals surface area contributed by atoms with Crippen molar-refractivity contribution in [3.8, 4) is 23.0 Å². The number of fused-ring (bicyclic) bond motifs is 2. The van der Waals surface area contributed by atoms with Gasteiger partial charge in [0.2, 0.25) is 12.6 Å². The van der Waals surface area contributed by atoms with Gasteiger partial charge >= 0.3 is 0 Å². The molecule has 1 atom stereocenters. The Labute approximate surface area is 227 Å². The molecular weight excluding hydrogens is 526 g/mol. The molecule has 0 bridgehead atoms. The van der Waals surface area contributed by atoms with Gasteiger partial charge in [0.25, 0.3) is 5.91 Å². The highest BCUT2D eigenvalue weighted by atomic mass is 35.5. The maximum atomic E-state index is 13.9. The summed E-state index contributed by atoms with van der Waals surface area (Å²) in [5.74, 6) is 0.0910. The van der Waals surface area contributed by atoms with Gasteiger partial charge in [-0.3, -0.25) is 9.59 Å². The molecule has 39 heavy (non-hydrogen) atoms. The van der Waals surface area contributed by atoms with Gasteiger partial charge in [0.15, 0.2) is 34.4 Å². The summed E-state index contributed by atoms with van der Waals surface area (Å²) in [5.41, 5.74) is 1.56. The zero-order valence-corrected chi connectivity index (χ0v) is 21.7. The molecule has 0 saturated carbocycles. The number of carbonyl (C=O) groups is 2. The van der Waals surface area contributed by atoms with Crippen molar-refractivity contribution in [3.05, 3.63) is 93.9 Å². The molecule has 0 saturated heterocycles. The van der Waals surface area contributed by atoms with Gasteiger partial charge in [0.05, 0.1) is 25.8 Å². The van der Waals surface area contributed by atoms with Crippen molar-refractivity contribution in [2.45, 2.75) is 12.6 Å². The van der Waals surface area contributed by atoms with Crippen LogP contribution in [0.5, 0.6) is 23.0 Å². The van der Waals surface area contributed by atoms with E-state index in [9.17, 15) is 14.7 Å². The predicted octanol–water partition coefficient (Wildman–Crippen LogP) is 5.61. The van der Waals surface area contributed by atoms with Crippen LogP contribution in [-0.2, 0) is 11.3 Å². The Morgan fingerprint density at radius 3 is 2.54 bits per heavy atom. The second-order valence-electron chi connectivity index (χ2n) is 9.02. The number of aliphatic hydroxyl groups is 1. The molecule has 6 rings (SSSR count). The highest BCUT2D eigenvalue weighted by Crippen LogP contribution is 2.42. The van der Waals surface area contributed by atoms with E-state index in [0.717, 1.165) is 5.56 Å². The smallest absolute Gasteiger partial charge is 0.290 e. The highest BCUT2D eigenvalue weighted by Gasteiger charge is 2.44. The summed E-state index contributed by atoms with van der Waals surface area (Å²) in [6.45, 7) is 0.209. The van der Waals surface area contributed by atoms with Gasteiger partial charge in [0, 0.05) is 23.0 Å². The minimum atomic E-state index is -0.903. The second kappa shape index (κ2) is 9.59. The Kier molecular flexibility index (Phi) is 6.07. The van der Waals surface area contributed by atoms with Crippen LogP contribution in [0.25, 0.3) is 11.0 Å². The number of aliphatic hydroxyl groups excluding tert-OH is 1. The molecule has 2 aliphatic rings. The van der Waals surface area contributed by atoms with Crippen LogP contribution < -0.4 is 18.9 Å². The first-order chi connectivity index (χ1) is 18.9. The third-order valence-corrected chi connectivity index (χ3v) is 6.98. The highest BCUT2D eigenvalue weighted by molar-refractivity contribution is 6.31. The van der Waals surface area contributed by atoms with Gasteiger partial charge < -0.3 is 33.4 Å². The van der Waals surface area contributed by atoms with Gasteiger partial charge in [-0.2, -0.15) is 0 Å². The zero-order chi connectivity index (χ0) is 27.3. The van der Waals surface area contributed by atoms with Crippen LogP contribution in [0.2, 0.25) is 5.02 Å². The van der Waals surface area contributed by atoms with E-state index in [4.69, 9.17) is 35.0 Å². The van der Waals surface area contributed by atoms with E-state index in [0.29, 0.717) is 44.6 Å². The number of hydrogen-bond donors (Lipinski definition) is 1. The lowest BCUT2D eigenvalue weighted by Crippen LogP contribution is -2.30. The number of hydrogen-bond acceptors (Lipinski definition) is 8. The van der Waals surface area contributed by atoms with E-state index in [2.05, 4.69) is 0 Å². The van der Waals surface area contributed by atoms with Crippen LogP contribution in [0.1, 0.15) is 27.7 Å². The van der Waals surface area contributed by atoms with Crippen molar-refractivity contribution in [2.75, 3.05) is 21.0 Å². The van der Waals surface area contributed by atoms with E-state index in [1.807, 2.05) is 0 Å². The van der Waals surface area contributed by atoms with E-state index in [1.54, 1.807) is 61.7 Å². The number of Topliss-reactive ketones (excluding diaryl/α,β-unsaturated/α-hetero) is 1. The number of halogens is 1. The SMILES string of the molecule is COc1ccc(C2C(C(=O)c3cc4cc(Cl)cc(OC)c4o3)=C(O)C(=O)N2Cc2ccc3c(c2)OCO3)cc1. The molecule has 3 heterocycles. The first-order valence-electron chi connectivity index (χ1n) is 12.0. The van der Waals surface area contributed by atoms with Gasteiger partial charge in [0.1, 0.15) is 5.75 Å². The molecule has 198 valence electrons. The van der Waals surface area contributed by atoms with Crippen LogP contribution in [0, 0.1) is 0 Å². The Hall–Kier alpha value is -4.63. The molecule has 0 fully saturated rings. The lowest BCUT2D eigenvalue weighted by atomic mass is 9.94. The number of ketones is 1. The topological polar surface area (TPSA) is 108 Å². The molecule has 0 radical (unpaired) electrons. The van der Waals surface area contributed by atoms with Crippen molar-refractivity contribution in [3.63, 3.8) is 0 Å². The molecule has 0 aliphatic carbocycles. The van der Waals surface area contributed by atoms with Crippen LogP contribution in [0.3, 0.4) is 0 Å². The standard InChI is InChI=1S/C29H22ClNO8/c1-35-19-6-4-16(5-7-19)25-24(26(32)22-11-17-10-18(30)12-23(36-2)28(17)39-22)27(33)29(34)31(25)13-15-3-8-20-21(9-15)38-14-37-20/h3-12,25,33H,13-14H2,1-2H3. The predicted molar refractivity (Wildman–Crippen MR) is 141 cm³/mol. The molecule has 0 spiro atoms. The van der Waals surface area contributed by atoms with Crippen molar-refractivity contribution >= 4 is 34.3 Å². The monoisotopic (exact) mass is 547 g/mol. The minimum absolute atomic E-state index is 0.0663. The van der Waals surface area contributed by atoms with Crippen LogP contribution in [0.4, 0.5) is 0 Å². The second-order valence-corrected chi connectivity index (χ2v) is 9.46. The zero-order valence-electron chi connectivity index (χ0n) is 20.9. The van der Waals surface area contributed by atoms with E-state index >= 15 is 0 Å². The van der Waals surface area contributed by atoms with Gasteiger partial charge in [-0.1, -0.05) is 29.8 Å². The Balaban J connectivity index is 1.43. The summed E-state index contributed by atoms with van der Waals surface area (Å²) in [5, 5.41) is 12.0. The number of amides is 1. The summed E-state index contributed by atoms with van der Waals surface area (Å²) in [4.78, 5) is 28.8. The summed E-state index contributed by atoms with van der Waals surface area (Å²) in [6.07, 6.45) is 0. The minimum Gasteiger partial charge on any atom is -0.503 e. The van der Waals surface area contributed by atoms with Crippen molar-refractivity contribution < 1.29 is 38.1 Å². The normalized spacial score (nSPS) is 16.3. The Bertz CT molecular complexity index is 1660. The molecule has 1 unspecified atom stereocenters. The fourth-order valence-electron chi connectivity index (χ4n) is 4.90. The number of nitrogens with zero attached hydrogens (tertiary/aromatic N) is 1. The number of methoxy groups -OCH3 is 2. The van der Waals surface area contributed by atoms with E-state index in [1.165, 1.54) is 18.1 Å². The molecule has 10 heteroatoms. The molecule has 1 amide bonds. The first kappa shape index (κ1) is 24.7. The Morgan fingerprint density at radius 2 is 1.79 bits per heavy atom. The van der Waals surface area contributed by atoms with Crippen LogP contribution >= 0.6 is 11.6 Å². The lowest BCUT2D eigenvalue weighted by molar-refractivity contribution is -0.130. The summed E-state index contributed by atoms with van der Waals surface area (Å²) in [7, 11) is 3.01. The number of benzene rings is 3. The quantitative estimate of drug-likeness (QED) is 0.297. The number of ether oxygens (including phenoxy) is 4. The average Bonchev–Trinajstić information content (AvgIpc) is 3.65. The van der Waals surface area contributed by atoms with Gasteiger partial charge in [-0.15, -0.1) is 0 Å². The maximum absolute atomic E-state index is 13.9. The van der Waals surface area contributed by atoms with Crippen LogP contribution in [0.15, 0.2) is 76.4 Å². The van der Waals surface area contributed by atoms with Crippen molar-refractivity contribution in [1.82, 2.24) is 4.90 Å². The molecular formula is C29H22ClNO8. The molecule has 1 N–H and O–H groups in total. The fourth-order valence-corrected chi connectivity index (χ4v) is 5.12. The van der Waals surface area contributed by atoms with E-state index in [-0.39, 0.29) is 24.7 Å². The van der Waals surface area contributed by atoms with Crippen molar-refractivity contribution in [2.24, 2.45) is 0 Å². The molecule has 9 nitrogen and oxygen atoms in total. The lowest BCUT2D eigenvalue weighted by Gasteiger charge is -2.27. The molecule has 1 aromatic heterocycles. The third-order valence-electron chi connectivity index (χ3n) is 6.76. The fraction of sp³-hybridized carbons (Fsp3) is 0.172. The van der Waals surface area contributed by atoms with Crippen molar-refractivity contribution in [1.29, 1.82) is 0 Å². The third kappa shape index (κ3) is 4.21. The van der Waals surface area contributed by atoms with Crippen LogP contribution in [-0.4, -0.2) is 42.7 Å². The summed E-state index contributed by atoms with van der Waals surface area (Å²) < 4.78 is 27.4. The number of rotatable bonds is 7. The first-order valence-corrected chi connectivity index (χ1v) is 12.3. The molecule has 2 aliphatic heterocycles. The average molecular weight is 548 g/mol. The maximum Gasteiger partial charge on any atom is 0.290 e. The summed E-state index contributed by atoms with van der Waals surface area (Å²) >= 11 is 6.19. The molecule has 4 aromatic rings.